The van der Waals surface area contributed by atoms with E-state index in [9.17, 15) is 19.2 Å². The maximum Gasteiger partial charge on any atom is 0.340 e. The summed E-state index contributed by atoms with van der Waals surface area (Å²) in [5.41, 5.74) is 2.81. The molecule has 0 atom stereocenters. The Kier molecular flexibility index (Phi) is 5.53. The van der Waals surface area contributed by atoms with E-state index in [1.54, 1.807) is 39.0 Å². The van der Waals surface area contributed by atoms with Gasteiger partial charge < -0.3 is 30.3 Å². The molecule has 0 bridgehead atoms. The topological polar surface area (TPSA) is 149 Å². The number of aryl methyl sites for hydroxylation is 1. The van der Waals surface area contributed by atoms with Gasteiger partial charge in [-0.2, -0.15) is 0 Å². The van der Waals surface area contributed by atoms with Crippen LogP contribution in [-0.2, 0) is 9.53 Å². The lowest BCUT2D eigenvalue weighted by Gasteiger charge is -2.07. The first-order chi connectivity index (χ1) is 13.8. The van der Waals surface area contributed by atoms with Gasteiger partial charge in [0.25, 0.3) is 5.91 Å². The highest BCUT2D eigenvalue weighted by Gasteiger charge is 2.23. The Bertz CT molecular complexity index is 1150. The number of carbonyl (C=O) groups excluding carboxylic acids is 3. The summed E-state index contributed by atoms with van der Waals surface area (Å²) in [5, 5.41) is 5.16. The lowest BCUT2D eigenvalue weighted by Crippen LogP contribution is -2.33. The number of hydrogen-bond acceptors (Lipinski definition) is 5. The quantitative estimate of drug-likeness (QED) is 0.397. The summed E-state index contributed by atoms with van der Waals surface area (Å²) in [6.07, 6.45) is 0. The number of imidazole rings is 1. The van der Waals surface area contributed by atoms with Crippen molar-refractivity contribution in [2.45, 2.75) is 20.8 Å². The van der Waals surface area contributed by atoms with E-state index in [1.165, 1.54) is 0 Å². The Morgan fingerprint density at radius 1 is 1.07 bits per heavy atom. The number of benzene rings is 1. The van der Waals surface area contributed by atoms with Crippen molar-refractivity contribution in [1.82, 2.24) is 20.3 Å². The number of esters is 1. The van der Waals surface area contributed by atoms with E-state index in [2.05, 4.69) is 25.6 Å². The highest BCUT2D eigenvalue weighted by molar-refractivity contribution is 6.02. The SMILES string of the molecule is CCOC(=O)c1c(C)[nH]c(C(=O)NCC(=O)Nc2ccc3[nH]c(=O)[nH]c3c2)c1C. The van der Waals surface area contributed by atoms with Crippen LogP contribution < -0.4 is 16.3 Å². The van der Waals surface area contributed by atoms with E-state index in [-0.39, 0.29) is 24.5 Å². The van der Waals surface area contributed by atoms with Crippen LogP contribution in [0.2, 0.25) is 0 Å². The van der Waals surface area contributed by atoms with E-state index < -0.39 is 17.8 Å². The van der Waals surface area contributed by atoms with Gasteiger partial charge in [0, 0.05) is 11.4 Å². The normalized spacial score (nSPS) is 10.7. The molecular weight excluding hydrogens is 378 g/mol. The number of aromatic nitrogens is 3. The standard InChI is InChI=1S/C19H21N5O5/c1-4-29-18(27)15-9(2)16(21-10(15)3)17(26)20-8-14(25)22-11-5-6-12-13(7-11)24-19(28)23-12/h5-7,21H,4,8H2,1-3H3,(H,20,26)(H,22,25)(H2,23,24,28). The Morgan fingerprint density at radius 3 is 2.52 bits per heavy atom. The van der Waals surface area contributed by atoms with Crippen molar-refractivity contribution >= 4 is 34.5 Å². The van der Waals surface area contributed by atoms with Crippen molar-refractivity contribution in [1.29, 1.82) is 0 Å². The number of H-pyrrole nitrogens is 3. The van der Waals surface area contributed by atoms with Crippen LogP contribution in [0.25, 0.3) is 11.0 Å². The number of aromatic amines is 3. The summed E-state index contributed by atoms with van der Waals surface area (Å²) >= 11 is 0. The number of anilines is 1. The molecule has 0 saturated carbocycles. The van der Waals surface area contributed by atoms with Crippen molar-refractivity contribution in [3.63, 3.8) is 0 Å². The van der Waals surface area contributed by atoms with Crippen LogP contribution in [0.4, 0.5) is 5.69 Å². The number of ether oxygens (including phenoxy) is 1. The number of hydrogen-bond donors (Lipinski definition) is 5. The van der Waals surface area contributed by atoms with Gasteiger partial charge in [0.15, 0.2) is 0 Å². The zero-order valence-electron chi connectivity index (χ0n) is 16.2. The monoisotopic (exact) mass is 399 g/mol. The number of nitrogens with one attached hydrogen (secondary N) is 5. The van der Waals surface area contributed by atoms with Crippen molar-refractivity contribution in [3.05, 3.63) is 51.2 Å². The minimum Gasteiger partial charge on any atom is -0.462 e. The molecule has 2 aromatic heterocycles. The number of carbonyl (C=O) groups is 3. The van der Waals surface area contributed by atoms with Crippen molar-refractivity contribution in [2.75, 3.05) is 18.5 Å². The summed E-state index contributed by atoms with van der Waals surface area (Å²) in [5.74, 6) is -1.46. The highest BCUT2D eigenvalue weighted by atomic mass is 16.5. The predicted molar refractivity (Wildman–Crippen MR) is 106 cm³/mol. The van der Waals surface area contributed by atoms with Crippen molar-refractivity contribution < 1.29 is 19.1 Å². The Balaban J connectivity index is 1.64. The summed E-state index contributed by atoms with van der Waals surface area (Å²) in [6, 6.07) is 4.90. The largest absolute Gasteiger partial charge is 0.462 e. The summed E-state index contributed by atoms with van der Waals surface area (Å²) in [4.78, 5) is 56.0. The summed E-state index contributed by atoms with van der Waals surface area (Å²) in [6.45, 7) is 4.97. The Morgan fingerprint density at radius 2 is 1.79 bits per heavy atom. The molecular formula is C19H21N5O5. The molecule has 1 aromatic carbocycles. The van der Waals surface area contributed by atoms with E-state index in [1.807, 2.05) is 0 Å². The van der Waals surface area contributed by atoms with Gasteiger partial charge in [-0.05, 0) is 44.5 Å². The van der Waals surface area contributed by atoms with Gasteiger partial charge in [0.05, 0.1) is 29.7 Å². The molecule has 0 radical (unpaired) electrons. The molecule has 10 nitrogen and oxygen atoms in total. The van der Waals surface area contributed by atoms with Gasteiger partial charge in [-0.3, -0.25) is 9.59 Å². The fourth-order valence-electron chi connectivity index (χ4n) is 3.05. The van der Waals surface area contributed by atoms with Crippen molar-refractivity contribution in [3.8, 4) is 0 Å². The van der Waals surface area contributed by atoms with Gasteiger partial charge in [-0.15, -0.1) is 0 Å². The highest BCUT2D eigenvalue weighted by Crippen LogP contribution is 2.19. The molecule has 10 heteroatoms. The molecule has 152 valence electrons. The molecule has 0 unspecified atom stereocenters. The van der Waals surface area contributed by atoms with Crippen LogP contribution in [0.5, 0.6) is 0 Å². The Hall–Kier alpha value is -3.82. The van der Waals surface area contributed by atoms with Crippen molar-refractivity contribution in [2.24, 2.45) is 0 Å². The molecule has 5 N–H and O–H groups in total. The summed E-state index contributed by atoms with van der Waals surface area (Å²) in [7, 11) is 0. The lowest BCUT2D eigenvalue weighted by molar-refractivity contribution is -0.115. The van der Waals surface area contributed by atoms with Gasteiger partial charge in [-0.25, -0.2) is 9.59 Å². The fraction of sp³-hybridized carbons (Fsp3) is 0.263. The third-order valence-corrected chi connectivity index (χ3v) is 4.35. The molecule has 0 fully saturated rings. The smallest absolute Gasteiger partial charge is 0.340 e. The molecule has 0 spiro atoms. The minimum atomic E-state index is -0.512. The average Bonchev–Trinajstić information content (AvgIpc) is 3.17. The van der Waals surface area contributed by atoms with Crippen LogP contribution in [0.3, 0.4) is 0 Å². The van der Waals surface area contributed by atoms with E-state index >= 15 is 0 Å². The molecule has 0 saturated heterocycles. The second-order valence-electron chi connectivity index (χ2n) is 6.42. The molecule has 0 aliphatic heterocycles. The first-order valence-electron chi connectivity index (χ1n) is 8.96. The van der Waals surface area contributed by atoms with E-state index in [0.717, 1.165) is 0 Å². The van der Waals surface area contributed by atoms with Crippen LogP contribution in [0.1, 0.15) is 39.0 Å². The van der Waals surface area contributed by atoms with Crippen LogP contribution >= 0.6 is 0 Å². The van der Waals surface area contributed by atoms with Gasteiger partial charge in [0.2, 0.25) is 5.91 Å². The van der Waals surface area contributed by atoms with Crippen LogP contribution in [0, 0.1) is 13.8 Å². The van der Waals surface area contributed by atoms with Crippen LogP contribution in [0.15, 0.2) is 23.0 Å². The maximum atomic E-state index is 12.4. The molecule has 0 aliphatic carbocycles. The number of rotatable bonds is 6. The Labute approximate surface area is 165 Å². The predicted octanol–water partition coefficient (Wildman–Crippen LogP) is 1.35. The van der Waals surface area contributed by atoms with Gasteiger partial charge in [0.1, 0.15) is 5.69 Å². The molecule has 29 heavy (non-hydrogen) atoms. The van der Waals surface area contributed by atoms with Crippen LogP contribution in [-0.4, -0.2) is 45.9 Å². The lowest BCUT2D eigenvalue weighted by atomic mass is 10.1. The molecule has 3 rings (SSSR count). The van der Waals surface area contributed by atoms with E-state index in [0.29, 0.717) is 33.5 Å². The molecule has 0 aliphatic rings. The second kappa shape index (κ2) is 8.05. The first-order valence-corrected chi connectivity index (χ1v) is 8.96. The minimum absolute atomic E-state index is 0.199. The number of fused-ring (bicyclic) bond motifs is 1. The zero-order valence-corrected chi connectivity index (χ0v) is 16.2. The molecule has 2 amide bonds. The molecule has 3 aromatic rings. The van der Waals surface area contributed by atoms with E-state index in [4.69, 9.17) is 4.74 Å². The first kappa shape index (κ1) is 19.9. The fourth-order valence-corrected chi connectivity index (χ4v) is 3.05. The van der Waals surface area contributed by atoms with Gasteiger partial charge >= 0.3 is 11.7 Å². The number of amides is 2. The maximum absolute atomic E-state index is 12.4. The average molecular weight is 399 g/mol. The molecule has 2 heterocycles. The van der Waals surface area contributed by atoms with Gasteiger partial charge in [-0.1, -0.05) is 0 Å². The third-order valence-electron chi connectivity index (χ3n) is 4.35. The second-order valence-corrected chi connectivity index (χ2v) is 6.42. The third kappa shape index (κ3) is 4.21. The zero-order chi connectivity index (χ0) is 21.1. The summed E-state index contributed by atoms with van der Waals surface area (Å²) < 4.78 is 5.00.